The molecule has 0 aliphatic rings. The van der Waals surface area contributed by atoms with Crippen LogP contribution in [0.5, 0.6) is 0 Å². The summed E-state index contributed by atoms with van der Waals surface area (Å²) in [5, 5.41) is 2.60. The molecule has 0 saturated carbocycles. The summed E-state index contributed by atoms with van der Waals surface area (Å²) in [7, 11) is 0. The van der Waals surface area contributed by atoms with Gasteiger partial charge in [-0.15, -0.1) is 0 Å². The van der Waals surface area contributed by atoms with E-state index in [1.54, 1.807) is 0 Å². The molecule has 0 aliphatic heterocycles. The van der Waals surface area contributed by atoms with Gasteiger partial charge in [-0.1, -0.05) is 56.3 Å². The zero-order chi connectivity index (χ0) is 11.5. The Morgan fingerprint density at radius 3 is 2.38 bits per heavy atom. The van der Waals surface area contributed by atoms with E-state index in [9.17, 15) is 0 Å². The van der Waals surface area contributed by atoms with Crippen molar-refractivity contribution in [1.29, 1.82) is 0 Å². The van der Waals surface area contributed by atoms with E-state index < -0.39 is 0 Å². The molecule has 2 N–H and O–H groups in total. The number of hydrogen-bond donors (Lipinski definition) is 1. The highest BCUT2D eigenvalue weighted by atomic mass is 14.6. The molecular formula is C15H19N. The van der Waals surface area contributed by atoms with Gasteiger partial charge < -0.3 is 5.73 Å². The summed E-state index contributed by atoms with van der Waals surface area (Å²) in [6.45, 7) is 4.34. The number of hydrogen-bond acceptors (Lipinski definition) is 1. The van der Waals surface area contributed by atoms with Crippen LogP contribution in [0.4, 0.5) is 0 Å². The molecule has 2 rings (SSSR count). The van der Waals surface area contributed by atoms with E-state index in [0.717, 1.165) is 6.42 Å². The van der Waals surface area contributed by atoms with Crippen LogP contribution in [0, 0.1) is 5.92 Å². The van der Waals surface area contributed by atoms with E-state index in [4.69, 9.17) is 5.73 Å². The van der Waals surface area contributed by atoms with Crippen LogP contribution in [-0.2, 0) is 6.42 Å². The van der Waals surface area contributed by atoms with Gasteiger partial charge in [0.2, 0.25) is 0 Å². The van der Waals surface area contributed by atoms with Crippen molar-refractivity contribution in [1.82, 2.24) is 0 Å². The molecular weight excluding hydrogens is 194 g/mol. The third-order valence-electron chi connectivity index (χ3n) is 3.14. The second-order valence-corrected chi connectivity index (χ2v) is 4.79. The van der Waals surface area contributed by atoms with Crippen LogP contribution in [0.2, 0.25) is 0 Å². The second kappa shape index (κ2) is 4.67. The first-order valence-electron chi connectivity index (χ1n) is 5.90. The van der Waals surface area contributed by atoms with Crippen molar-refractivity contribution in [2.24, 2.45) is 11.7 Å². The Labute approximate surface area is 97.3 Å². The number of rotatable bonds is 3. The monoisotopic (exact) mass is 213 g/mol. The summed E-state index contributed by atoms with van der Waals surface area (Å²) in [5.74, 6) is 0.534. The maximum atomic E-state index is 6.09. The van der Waals surface area contributed by atoms with Crippen LogP contribution in [0.15, 0.2) is 42.5 Å². The summed E-state index contributed by atoms with van der Waals surface area (Å²) < 4.78 is 0. The topological polar surface area (TPSA) is 26.0 Å². The Balaban J connectivity index is 2.26. The fraction of sp³-hybridized carbons (Fsp3) is 0.333. The molecule has 1 heteroatoms. The van der Waals surface area contributed by atoms with E-state index in [2.05, 4.69) is 56.3 Å². The van der Waals surface area contributed by atoms with Gasteiger partial charge in [0, 0.05) is 6.04 Å². The van der Waals surface area contributed by atoms with Crippen molar-refractivity contribution in [2.75, 3.05) is 0 Å². The van der Waals surface area contributed by atoms with Crippen LogP contribution in [0.1, 0.15) is 19.4 Å². The zero-order valence-electron chi connectivity index (χ0n) is 9.98. The molecule has 2 aromatic rings. The quantitative estimate of drug-likeness (QED) is 0.831. The van der Waals surface area contributed by atoms with E-state index in [1.165, 1.54) is 16.3 Å². The Morgan fingerprint density at radius 2 is 1.69 bits per heavy atom. The molecule has 84 valence electrons. The molecule has 16 heavy (non-hydrogen) atoms. The predicted octanol–water partition coefficient (Wildman–Crippen LogP) is 3.37. The molecule has 0 fully saturated rings. The molecule has 0 spiro atoms. The van der Waals surface area contributed by atoms with Crippen molar-refractivity contribution < 1.29 is 0 Å². The molecule has 0 aliphatic carbocycles. The standard InChI is InChI=1S/C15H19N/c1-11(2)15(16)10-12-7-8-13-5-3-4-6-14(13)9-12/h3-9,11,15H,10,16H2,1-2H3/t15-/m1/s1. The third-order valence-corrected chi connectivity index (χ3v) is 3.14. The van der Waals surface area contributed by atoms with Crippen molar-refractivity contribution >= 4 is 10.8 Å². The Bertz CT molecular complexity index is 474. The highest BCUT2D eigenvalue weighted by Gasteiger charge is 2.08. The minimum atomic E-state index is 0.251. The van der Waals surface area contributed by atoms with Crippen molar-refractivity contribution in [3.63, 3.8) is 0 Å². The van der Waals surface area contributed by atoms with Gasteiger partial charge in [-0.25, -0.2) is 0 Å². The summed E-state index contributed by atoms with van der Waals surface area (Å²) in [4.78, 5) is 0. The van der Waals surface area contributed by atoms with Crippen LogP contribution in [0.25, 0.3) is 10.8 Å². The zero-order valence-corrected chi connectivity index (χ0v) is 9.98. The number of benzene rings is 2. The van der Waals surface area contributed by atoms with Gasteiger partial charge in [-0.05, 0) is 28.7 Å². The molecule has 2 aromatic carbocycles. The van der Waals surface area contributed by atoms with Crippen LogP contribution < -0.4 is 5.73 Å². The molecule has 0 heterocycles. The smallest absolute Gasteiger partial charge is 0.0102 e. The van der Waals surface area contributed by atoms with Crippen molar-refractivity contribution in [3.05, 3.63) is 48.0 Å². The highest BCUT2D eigenvalue weighted by Crippen LogP contribution is 2.17. The second-order valence-electron chi connectivity index (χ2n) is 4.79. The molecule has 0 bridgehead atoms. The van der Waals surface area contributed by atoms with Gasteiger partial charge in [0.05, 0.1) is 0 Å². The minimum absolute atomic E-state index is 0.251. The van der Waals surface area contributed by atoms with Gasteiger partial charge >= 0.3 is 0 Å². The average Bonchev–Trinajstić information content (AvgIpc) is 2.28. The number of nitrogens with two attached hydrogens (primary N) is 1. The molecule has 1 atom stereocenters. The SMILES string of the molecule is CC(C)[C@H](N)Cc1ccc2ccccc2c1. The lowest BCUT2D eigenvalue weighted by Gasteiger charge is -2.15. The van der Waals surface area contributed by atoms with E-state index in [-0.39, 0.29) is 6.04 Å². The molecule has 0 saturated heterocycles. The van der Waals surface area contributed by atoms with Gasteiger partial charge in [0.25, 0.3) is 0 Å². The Kier molecular flexibility index (Phi) is 3.25. The lowest BCUT2D eigenvalue weighted by atomic mass is 9.96. The predicted molar refractivity (Wildman–Crippen MR) is 70.5 cm³/mol. The summed E-state index contributed by atoms with van der Waals surface area (Å²) in [6.07, 6.45) is 0.961. The van der Waals surface area contributed by atoms with Gasteiger partial charge in [0.1, 0.15) is 0 Å². The normalized spacial score (nSPS) is 13.2. The first-order valence-corrected chi connectivity index (χ1v) is 5.90. The third kappa shape index (κ3) is 2.42. The van der Waals surface area contributed by atoms with E-state index in [0.29, 0.717) is 5.92 Å². The lowest BCUT2D eigenvalue weighted by molar-refractivity contribution is 0.491. The highest BCUT2D eigenvalue weighted by molar-refractivity contribution is 5.82. The minimum Gasteiger partial charge on any atom is -0.327 e. The fourth-order valence-electron chi connectivity index (χ4n) is 1.87. The van der Waals surface area contributed by atoms with E-state index in [1.807, 2.05) is 0 Å². The summed E-state index contributed by atoms with van der Waals surface area (Å²) in [6, 6.07) is 15.3. The number of fused-ring (bicyclic) bond motifs is 1. The summed E-state index contributed by atoms with van der Waals surface area (Å²) in [5.41, 5.74) is 7.43. The first-order chi connectivity index (χ1) is 7.66. The fourth-order valence-corrected chi connectivity index (χ4v) is 1.87. The molecule has 0 aromatic heterocycles. The molecule has 0 radical (unpaired) electrons. The maximum Gasteiger partial charge on any atom is 0.0102 e. The largest absolute Gasteiger partial charge is 0.327 e. The lowest BCUT2D eigenvalue weighted by Crippen LogP contribution is -2.28. The van der Waals surface area contributed by atoms with Gasteiger partial charge in [-0.3, -0.25) is 0 Å². The maximum absolute atomic E-state index is 6.09. The van der Waals surface area contributed by atoms with Crippen LogP contribution in [-0.4, -0.2) is 6.04 Å². The van der Waals surface area contributed by atoms with Crippen LogP contribution in [0.3, 0.4) is 0 Å². The first kappa shape index (κ1) is 11.2. The van der Waals surface area contributed by atoms with E-state index >= 15 is 0 Å². The molecule has 0 unspecified atom stereocenters. The summed E-state index contributed by atoms with van der Waals surface area (Å²) >= 11 is 0. The van der Waals surface area contributed by atoms with Crippen LogP contribution >= 0.6 is 0 Å². The Morgan fingerprint density at radius 1 is 1.00 bits per heavy atom. The van der Waals surface area contributed by atoms with Gasteiger partial charge in [-0.2, -0.15) is 0 Å². The van der Waals surface area contributed by atoms with Crippen molar-refractivity contribution in [2.45, 2.75) is 26.3 Å². The molecule has 0 amide bonds. The average molecular weight is 213 g/mol. The van der Waals surface area contributed by atoms with Gasteiger partial charge in [0.15, 0.2) is 0 Å². The van der Waals surface area contributed by atoms with Crippen molar-refractivity contribution in [3.8, 4) is 0 Å². The Hall–Kier alpha value is -1.34. The molecule has 1 nitrogen and oxygen atoms in total.